The molecule has 4 heteroatoms. The first-order chi connectivity index (χ1) is 14.5. The van der Waals surface area contributed by atoms with Gasteiger partial charge in [-0.3, -0.25) is 0 Å². The molecule has 2 fully saturated rings. The van der Waals surface area contributed by atoms with E-state index >= 15 is 0 Å². The van der Waals surface area contributed by atoms with Crippen molar-refractivity contribution in [3.8, 4) is 0 Å². The maximum atomic E-state index is 6.35. The molecule has 1 aromatic carbocycles. The van der Waals surface area contributed by atoms with Crippen molar-refractivity contribution >= 4 is 34.8 Å². The molecule has 0 spiro atoms. The molecule has 1 aromatic rings. The highest BCUT2D eigenvalue weighted by Crippen LogP contribution is 2.41. The summed E-state index contributed by atoms with van der Waals surface area (Å²) in [4.78, 5) is 2.63. The van der Waals surface area contributed by atoms with Gasteiger partial charge in [0.05, 0.1) is 10.4 Å². The Morgan fingerprint density at radius 3 is 2.80 bits per heavy atom. The van der Waals surface area contributed by atoms with Crippen LogP contribution in [0.3, 0.4) is 0 Å². The molecule has 0 radical (unpaired) electrons. The van der Waals surface area contributed by atoms with Gasteiger partial charge < -0.3 is 4.90 Å². The fourth-order valence-electron chi connectivity index (χ4n) is 5.31. The zero-order valence-corrected chi connectivity index (χ0v) is 20.4. The topological polar surface area (TPSA) is 6.25 Å². The Bertz CT molecular complexity index is 862. The smallest absolute Gasteiger partial charge is 0.209 e. The fraction of sp³-hybridized carbons (Fsp3) is 0.577. The quantitative estimate of drug-likeness (QED) is 0.430. The molecule has 0 bridgehead atoms. The van der Waals surface area contributed by atoms with E-state index in [2.05, 4.69) is 60.6 Å². The van der Waals surface area contributed by atoms with E-state index in [4.69, 9.17) is 11.6 Å². The van der Waals surface area contributed by atoms with Crippen molar-refractivity contribution in [1.29, 1.82) is 0 Å². The lowest BCUT2D eigenvalue weighted by Gasteiger charge is -2.28. The van der Waals surface area contributed by atoms with E-state index in [0.29, 0.717) is 0 Å². The van der Waals surface area contributed by atoms with Crippen LogP contribution in [0.15, 0.2) is 41.5 Å². The van der Waals surface area contributed by atoms with Gasteiger partial charge in [-0.1, -0.05) is 43.9 Å². The number of benzene rings is 1. The van der Waals surface area contributed by atoms with Gasteiger partial charge in [0.15, 0.2) is 5.71 Å². The van der Waals surface area contributed by atoms with Crippen molar-refractivity contribution < 1.29 is 4.58 Å². The number of thioether (sulfide) groups is 1. The molecule has 1 saturated carbocycles. The van der Waals surface area contributed by atoms with Crippen LogP contribution in [0, 0.1) is 5.92 Å². The largest absolute Gasteiger partial charge is 0.365 e. The summed E-state index contributed by atoms with van der Waals surface area (Å²) in [6.07, 6.45) is 15.2. The summed E-state index contributed by atoms with van der Waals surface area (Å²) in [5.41, 5.74) is 3.99. The molecule has 0 atom stereocenters. The summed E-state index contributed by atoms with van der Waals surface area (Å²) in [6, 6.07) is 6.36. The van der Waals surface area contributed by atoms with Gasteiger partial charge in [0, 0.05) is 48.0 Å². The molecule has 0 amide bonds. The first-order valence-electron chi connectivity index (χ1n) is 11.7. The Kier molecular flexibility index (Phi) is 6.99. The maximum Gasteiger partial charge on any atom is 0.209 e. The Hall–Kier alpha value is -1.19. The Morgan fingerprint density at radius 1 is 1.23 bits per heavy atom. The minimum absolute atomic E-state index is 0.0327. The van der Waals surface area contributed by atoms with Crippen LogP contribution in [0.5, 0.6) is 0 Å². The molecule has 4 rings (SSSR count). The number of fused-ring (bicyclic) bond motifs is 1. The van der Waals surface area contributed by atoms with Crippen LogP contribution in [0.4, 0.5) is 5.69 Å². The molecule has 2 aliphatic heterocycles. The summed E-state index contributed by atoms with van der Waals surface area (Å²) in [6.45, 7) is 10.4. The molecule has 30 heavy (non-hydrogen) atoms. The van der Waals surface area contributed by atoms with E-state index in [1.165, 1.54) is 72.9 Å². The SMILES string of the molecule is CCC[N+]1=C(/C=C/C=C2\SCCN2CC2CCCCC2)C(C)(C)c2cc(Cl)ccc21. The highest BCUT2D eigenvalue weighted by atomic mass is 35.5. The minimum Gasteiger partial charge on any atom is -0.365 e. The third-order valence-corrected chi connectivity index (χ3v) is 8.23. The first kappa shape index (κ1) is 22.0. The van der Waals surface area contributed by atoms with E-state index < -0.39 is 0 Å². The average Bonchev–Trinajstić information content (AvgIpc) is 3.25. The summed E-state index contributed by atoms with van der Waals surface area (Å²) < 4.78 is 2.49. The first-order valence-corrected chi connectivity index (χ1v) is 13.1. The van der Waals surface area contributed by atoms with E-state index in [1.54, 1.807) is 0 Å². The summed E-state index contributed by atoms with van der Waals surface area (Å²) in [5.74, 6) is 2.12. The Morgan fingerprint density at radius 2 is 2.03 bits per heavy atom. The van der Waals surface area contributed by atoms with E-state index in [9.17, 15) is 0 Å². The number of nitrogens with zero attached hydrogens (tertiary/aromatic N) is 2. The predicted molar refractivity (Wildman–Crippen MR) is 132 cm³/mol. The lowest BCUT2D eigenvalue weighted by Crippen LogP contribution is -2.28. The molecule has 162 valence electrons. The second-order valence-corrected chi connectivity index (χ2v) is 11.0. The number of hydrogen-bond acceptors (Lipinski definition) is 2. The van der Waals surface area contributed by atoms with Crippen molar-refractivity contribution in [2.24, 2.45) is 5.92 Å². The second kappa shape index (κ2) is 9.53. The molecule has 3 aliphatic rings. The van der Waals surface area contributed by atoms with Crippen molar-refractivity contribution in [2.75, 3.05) is 25.4 Å². The molecule has 1 aliphatic carbocycles. The lowest BCUT2D eigenvalue weighted by molar-refractivity contribution is -0.437. The van der Waals surface area contributed by atoms with Gasteiger partial charge in [-0.25, -0.2) is 0 Å². The highest BCUT2D eigenvalue weighted by Gasteiger charge is 2.44. The molecular weight excluding hydrogens is 408 g/mol. The monoisotopic (exact) mass is 443 g/mol. The van der Waals surface area contributed by atoms with E-state index in [-0.39, 0.29) is 5.41 Å². The lowest BCUT2D eigenvalue weighted by atomic mass is 9.81. The van der Waals surface area contributed by atoms with Gasteiger partial charge in [0.1, 0.15) is 6.54 Å². The number of hydrogen-bond donors (Lipinski definition) is 0. The normalized spacial score (nSPS) is 23.2. The van der Waals surface area contributed by atoms with Gasteiger partial charge in [-0.15, -0.1) is 11.8 Å². The Labute approximate surface area is 192 Å². The second-order valence-electron chi connectivity index (χ2n) is 9.49. The minimum atomic E-state index is -0.0327. The maximum absolute atomic E-state index is 6.35. The summed E-state index contributed by atoms with van der Waals surface area (Å²) >= 11 is 8.36. The molecule has 2 nitrogen and oxygen atoms in total. The Balaban J connectivity index is 1.55. The zero-order chi connectivity index (χ0) is 21.1. The predicted octanol–water partition coefficient (Wildman–Crippen LogP) is 7.15. The molecule has 2 heterocycles. The summed E-state index contributed by atoms with van der Waals surface area (Å²) in [7, 11) is 0. The van der Waals surface area contributed by atoms with Crippen LogP contribution >= 0.6 is 23.4 Å². The average molecular weight is 444 g/mol. The van der Waals surface area contributed by atoms with Crippen LogP contribution in [0.1, 0.15) is 64.9 Å². The van der Waals surface area contributed by atoms with Crippen molar-refractivity contribution in [3.05, 3.63) is 52.0 Å². The van der Waals surface area contributed by atoms with Crippen molar-refractivity contribution in [2.45, 2.75) is 64.7 Å². The number of allylic oxidation sites excluding steroid dienone is 3. The molecule has 0 N–H and O–H groups in total. The standard InChI is InChI=1S/C26H36ClN2S/c1-4-15-29-23-14-13-21(27)18-22(23)26(2,3)24(29)11-8-12-25-28(16-17-30-25)19-20-9-6-5-7-10-20/h8,11-14,18,20H,4-7,9-10,15-17,19H2,1-3H3/q+1. The number of halogens is 1. The van der Waals surface area contributed by atoms with Gasteiger partial charge >= 0.3 is 0 Å². The van der Waals surface area contributed by atoms with Crippen molar-refractivity contribution in [1.82, 2.24) is 4.90 Å². The van der Waals surface area contributed by atoms with Gasteiger partial charge in [-0.2, -0.15) is 4.58 Å². The number of rotatable bonds is 6. The third kappa shape index (κ3) is 4.53. The van der Waals surface area contributed by atoms with Crippen LogP contribution in [-0.2, 0) is 5.41 Å². The zero-order valence-electron chi connectivity index (χ0n) is 18.8. The van der Waals surface area contributed by atoms with Gasteiger partial charge in [0.25, 0.3) is 0 Å². The molecule has 0 unspecified atom stereocenters. The van der Waals surface area contributed by atoms with E-state index in [1.807, 2.05) is 17.8 Å². The molecule has 1 saturated heterocycles. The van der Waals surface area contributed by atoms with Crippen LogP contribution in [0.25, 0.3) is 0 Å². The van der Waals surface area contributed by atoms with Gasteiger partial charge in [0.2, 0.25) is 5.69 Å². The molecule has 0 aromatic heterocycles. The van der Waals surface area contributed by atoms with Crippen LogP contribution < -0.4 is 0 Å². The van der Waals surface area contributed by atoms with E-state index in [0.717, 1.165) is 23.9 Å². The van der Waals surface area contributed by atoms with Crippen LogP contribution in [0.2, 0.25) is 5.02 Å². The molecular formula is C26H36ClN2S+. The van der Waals surface area contributed by atoms with Crippen molar-refractivity contribution in [3.63, 3.8) is 0 Å². The highest BCUT2D eigenvalue weighted by molar-refractivity contribution is 8.03. The summed E-state index contributed by atoms with van der Waals surface area (Å²) in [5, 5.41) is 2.28. The van der Waals surface area contributed by atoms with Crippen LogP contribution in [-0.4, -0.2) is 40.6 Å². The third-order valence-electron chi connectivity index (χ3n) is 6.92. The van der Waals surface area contributed by atoms with Gasteiger partial charge in [-0.05, 0) is 50.8 Å². The fourth-order valence-corrected chi connectivity index (χ4v) is 6.53.